The predicted octanol–water partition coefficient (Wildman–Crippen LogP) is 4.16. The predicted molar refractivity (Wildman–Crippen MR) is 155 cm³/mol. The smallest absolute Gasteiger partial charge is 0.322 e. The Bertz CT molecular complexity index is 1190. The van der Waals surface area contributed by atoms with Crippen molar-refractivity contribution in [3.63, 3.8) is 0 Å². The molecule has 41 heavy (non-hydrogen) atoms. The lowest BCUT2D eigenvalue weighted by Gasteiger charge is -2.34. The van der Waals surface area contributed by atoms with Gasteiger partial charge in [0.1, 0.15) is 12.3 Å². The summed E-state index contributed by atoms with van der Waals surface area (Å²) in [5, 5.41) is 13.8. The molecular formula is C31H40N4O6. The summed E-state index contributed by atoms with van der Waals surface area (Å²) in [5.41, 5.74) is 2.13. The number of nitrogens with one attached hydrogen (secondary N) is 2. The van der Waals surface area contributed by atoms with Gasteiger partial charge in [0.05, 0.1) is 6.61 Å². The van der Waals surface area contributed by atoms with Crippen LogP contribution in [0.4, 0.5) is 10.5 Å². The molecule has 10 heteroatoms. The van der Waals surface area contributed by atoms with Gasteiger partial charge in [-0.2, -0.15) is 0 Å². The lowest BCUT2D eigenvalue weighted by atomic mass is 9.87. The molecular weight excluding hydrogens is 524 g/mol. The Balaban J connectivity index is 1.18. The molecule has 2 aliphatic rings. The van der Waals surface area contributed by atoms with Crippen molar-refractivity contribution in [2.24, 2.45) is 5.92 Å². The fourth-order valence-electron chi connectivity index (χ4n) is 5.31. The van der Waals surface area contributed by atoms with Crippen molar-refractivity contribution in [2.45, 2.75) is 51.4 Å². The number of rotatable bonds is 11. The molecule has 0 spiro atoms. The van der Waals surface area contributed by atoms with E-state index in [9.17, 15) is 19.2 Å². The quantitative estimate of drug-likeness (QED) is 0.376. The molecule has 0 atom stereocenters. The van der Waals surface area contributed by atoms with E-state index >= 15 is 0 Å². The van der Waals surface area contributed by atoms with Crippen LogP contribution in [0, 0.1) is 5.92 Å². The SMILES string of the molecule is O=C(O)CNC(=O)CCc1ccc(NC(=O)N2CCN(C(=O)c3cccc(OCCC4CCCCC4)c3)CC2)cc1. The van der Waals surface area contributed by atoms with E-state index in [1.54, 1.807) is 21.9 Å². The number of benzene rings is 2. The topological polar surface area (TPSA) is 128 Å². The largest absolute Gasteiger partial charge is 0.494 e. The molecule has 3 N–H and O–H groups in total. The van der Waals surface area contributed by atoms with Gasteiger partial charge in [0.2, 0.25) is 5.91 Å². The van der Waals surface area contributed by atoms with Crippen LogP contribution in [0.15, 0.2) is 48.5 Å². The number of carbonyl (C=O) groups excluding carboxylic acids is 3. The minimum Gasteiger partial charge on any atom is -0.494 e. The summed E-state index contributed by atoms with van der Waals surface area (Å²) in [6, 6.07) is 14.3. The number of amides is 4. The monoisotopic (exact) mass is 564 g/mol. The highest BCUT2D eigenvalue weighted by Crippen LogP contribution is 2.26. The average molecular weight is 565 g/mol. The van der Waals surface area contributed by atoms with Gasteiger partial charge in [0.15, 0.2) is 0 Å². The molecule has 10 nitrogen and oxygen atoms in total. The first-order valence-electron chi connectivity index (χ1n) is 14.5. The van der Waals surface area contributed by atoms with Crippen molar-refractivity contribution < 1.29 is 29.0 Å². The molecule has 0 radical (unpaired) electrons. The van der Waals surface area contributed by atoms with Crippen LogP contribution >= 0.6 is 0 Å². The minimum atomic E-state index is -1.08. The Hall–Kier alpha value is -4.08. The van der Waals surface area contributed by atoms with Crippen molar-refractivity contribution in [2.75, 3.05) is 44.6 Å². The van der Waals surface area contributed by atoms with Crippen molar-refractivity contribution in [1.29, 1.82) is 0 Å². The standard InChI is InChI=1S/C31H40N4O6/c36-28(32-22-29(37)38)14-11-24-9-12-26(13-10-24)33-31(40)35-18-16-34(17-19-35)30(39)25-7-4-8-27(21-25)41-20-15-23-5-2-1-3-6-23/h4,7-10,12-13,21,23H,1-3,5-6,11,14-20,22H2,(H,32,36)(H,33,40)(H,37,38). The fraction of sp³-hybridized carbons (Fsp3) is 0.484. The Morgan fingerprint density at radius 2 is 1.61 bits per heavy atom. The average Bonchev–Trinajstić information content (AvgIpc) is 3.00. The third-order valence-electron chi connectivity index (χ3n) is 7.74. The van der Waals surface area contributed by atoms with Gasteiger partial charge in [-0.1, -0.05) is 50.3 Å². The first-order valence-corrected chi connectivity index (χ1v) is 14.5. The number of nitrogens with zero attached hydrogens (tertiary/aromatic N) is 2. The number of aliphatic carboxylic acids is 1. The maximum atomic E-state index is 13.1. The summed E-state index contributed by atoms with van der Waals surface area (Å²) in [6.07, 6.45) is 8.26. The normalized spacial score (nSPS) is 15.7. The van der Waals surface area contributed by atoms with Crippen LogP contribution in [-0.4, -0.2) is 78.1 Å². The zero-order valence-electron chi connectivity index (χ0n) is 23.5. The lowest BCUT2D eigenvalue weighted by molar-refractivity contribution is -0.137. The molecule has 1 aliphatic heterocycles. The number of anilines is 1. The third kappa shape index (κ3) is 9.51. The number of piperazine rings is 1. The summed E-state index contributed by atoms with van der Waals surface area (Å²) >= 11 is 0. The Kier molecular flexibility index (Phi) is 11.0. The molecule has 1 heterocycles. The summed E-state index contributed by atoms with van der Waals surface area (Å²) < 4.78 is 5.97. The van der Waals surface area contributed by atoms with Gasteiger partial charge >= 0.3 is 12.0 Å². The van der Waals surface area contributed by atoms with Gasteiger partial charge < -0.3 is 30.3 Å². The molecule has 1 saturated carbocycles. The molecule has 0 unspecified atom stereocenters. The molecule has 0 aromatic heterocycles. The van der Waals surface area contributed by atoms with E-state index in [-0.39, 0.29) is 24.3 Å². The first-order chi connectivity index (χ1) is 19.9. The summed E-state index contributed by atoms with van der Waals surface area (Å²) in [5.74, 6) is 0.00134. The Morgan fingerprint density at radius 3 is 2.32 bits per heavy atom. The second-order valence-corrected chi connectivity index (χ2v) is 10.7. The van der Waals surface area contributed by atoms with E-state index in [1.807, 2.05) is 36.4 Å². The van der Waals surface area contributed by atoms with E-state index in [4.69, 9.17) is 9.84 Å². The molecule has 2 fully saturated rings. The van der Waals surface area contributed by atoms with E-state index in [0.29, 0.717) is 50.5 Å². The van der Waals surface area contributed by atoms with Gasteiger partial charge in [0.25, 0.3) is 5.91 Å². The van der Waals surface area contributed by atoms with Crippen LogP contribution in [0.1, 0.15) is 60.9 Å². The van der Waals surface area contributed by atoms with E-state index < -0.39 is 12.5 Å². The molecule has 2 aromatic carbocycles. The maximum Gasteiger partial charge on any atom is 0.322 e. The molecule has 1 saturated heterocycles. The molecule has 1 aliphatic carbocycles. The number of carboxylic acids is 1. The number of hydrogen-bond donors (Lipinski definition) is 3. The summed E-state index contributed by atoms with van der Waals surface area (Å²) in [7, 11) is 0. The van der Waals surface area contributed by atoms with Crippen molar-refractivity contribution in [3.05, 3.63) is 59.7 Å². The lowest BCUT2D eigenvalue weighted by Crippen LogP contribution is -2.51. The van der Waals surface area contributed by atoms with E-state index in [1.165, 1.54) is 32.1 Å². The Morgan fingerprint density at radius 1 is 0.902 bits per heavy atom. The molecule has 4 rings (SSSR count). The molecule has 0 bridgehead atoms. The zero-order chi connectivity index (χ0) is 29.0. The van der Waals surface area contributed by atoms with Crippen LogP contribution < -0.4 is 15.4 Å². The van der Waals surface area contributed by atoms with Crippen LogP contribution in [-0.2, 0) is 16.0 Å². The van der Waals surface area contributed by atoms with Crippen LogP contribution in [0.2, 0.25) is 0 Å². The number of carboxylic acid groups (broad SMARTS) is 1. The van der Waals surface area contributed by atoms with Crippen LogP contribution in [0.25, 0.3) is 0 Å². The first kappa shape index (κ1) is 29.9. The highest BCUT2D eigenvalue weighted by Gasteiger charge is 2.25. The van der Waals surface area contributed by atoms with E-state index in [2.05, 4.69) is 10.6 Å². The highest BCUT2D eigenvalue weighted by molar-refractivity contribution is 5.95. The van der Waals surface area contributed by atoms with Gasteiger partial charge in [-0.25, -0.2) is 4.79 Å². The van der Waals surface area contributed by atoms with Crippen LogP contribution in [0.3, 0.4) is 0 Å². The molecule has 4 amide bonds. The third-order valence-corrected chi connectivity index (χ3v) is 7.74. The van der Waals surface area contributed by atoms with E-state index in [0.717, 1.165) is 23.7 Å². The second-order valence-electron chi connectivity index (χ2n) is 10.7. The molecule has 220 valence electrons. The number of urea groups is 1. The van der Waals surface area contributed by atoms with Gasteiger partial charge in [-0.3, -0.25) is 14.4 Å². The number of ether oxygens (including phenoxy) is 1. The molecule has 2 aromatic rings. The van der Waals surface area contributed by atoms with Gasteiger partial charge in [-0.05, 0) is 54.7 Å². The fourth-order valence-corrected chi connectivity index (χ4v) is 5.31. The number of carbonyl (C=O) groups is 4. The van der Waals surface area contributed by atoms with Gasteiger partial charge in [-0.15, -0.1) is 0 Å². The van der Waals surface area contributed by atoms with Crippen LogP contribution in [0.5, 0.6) is 5.75 Å². The highest BCUT2D eigenvalue weighted by atomic mass is 16.5. The van der Waals surface area contributed by atoms with Crippen molar-refractivity contribution in [3.8, 4) is 5.75 Å². The maximum absolute atomic E-state index is 13.1. The zero-order valence-corrected chi connectivity index (χ0v) is 23.5. The number of aryl methyl sites for hydroxylation is 1. The van der Waals surface area contributed by atoms with Crippen molar-refractivity contribution in [1.82, 2.24) is 15.1 Å². The Labute approximate surface area is 241 Å². The van der Waals surface area contributed by atoms with Crippen molar-refractivity contribution >= 4 is 29.5 Å². The number of hydrogen-bond acceptors (Lipinski definition) is 5. The van der Waals surface area contributed by atoms with Gasteiger partial charge in [0, 0.05) is 43.9 Å². The summed E-state index contributed by atoms with van der Waals surface area (Å²) in [4.78, 5) is 51.6. The second kappa shape index (κ2) is 15.1. The summed E-state index contributed by atoms with van der Waals surface area (Å²) in [6.45, 7) is 2.03. The minimum absolute atomic E-state index is 0.0602.